The van der Waals surface area contributed by atoms with E-state index in [0.29, 0.717) is 22.7 Å². The standard InChI is InChI=1S/C16H20ClNO2/c1-10(20-15-5-3-2-4-13(15)17)16(19)18-14-9-11-6-7-12(14)8-11/h2-5,10-12,14H,6-9H2,1H3,(H,18,19)/t10-,11+,12+,14-/m0/s1. The topological polar surface area (TPSA) is 38.3 Å². The monoisotopic (exact) mass is 293 g/mol. The van der Waals surface area contributed by atoms with Gasteiger partial charge in [-0.05, 0) is 50.2 Å². The number of para-hydroxylation sites is 1. The molecule has 1 aromatic carbocycles. The van der Waals surface area contributed by atoms with Crippen molar-refractivity contribution >= 4 is 17.5 Å². The van der Waals surface area contributed by atoms with Crippen molar-refractivity contribution in [1.29, 1.82) is 0 Å². The number of fused-ring (bicyclic) bond motifs is 2. The smallest absolute Gasteiger partial charge is 0.261 e. The Kier molecular flexibility index (Phi) is 3.88. The van der Waals surface area contributed by atoms with Crippen molar-refractivity contribution in [2.24, 2.45) is 11.8 Å². The first-order valence-electron chi connectivity index (χ1n) is 7.35. The number of carbonyl (C=O) groups excluding carboxylic acids is 1. The summed E-state index contributed by atoms with van der Waals surface area (Å²) in [6.45, 7) is 1.77. The molecule has 0 radical (unpaired) electrons. The van der Waals surface area contributed by atoms with E-state index in [1.807, 2.05) is 12.1 Å². The van der Waals surface area contributed by atoms with Crippen LogP contribution in [0.15, 0.2) is 24.3 Å². The van der Waals surface area contributed by atoms with Gasteiger partial charge in [-0.25, -0.2) is 0 Å². The van der Waals surface area contributed by atoms with Gasteiger partial charge in [-0.3, -0.25) is 4.79 Å². The number of amides is 1. The van der Waals surface area contributed by atoms with Gasteiger partial charge in [-0.1, -0.05) is 30.2 Å². The molecule has 2 fully saturated rings. The normalized spacial score (nSPS) is 29.2. The Morgan fingerprint density at radius 3 is 2.80 bits per heavy atom. The van der Waals surface area contributed by atoms with Crippen LogP contribution in [-0.2, 0) is 4.79 Å². The van der Waals surface area contributed by atoms with Gasteiger partial charge in [0, 0.05) is 6.04 Å². The first kappa shape index (κ1) is 13.7. The Morgan fingerprint density at radius 2 is 2.15 bits per heavy atom. The summed E-state index contributed by atoms with van der Waals surface area (Å²) in [7, 11) is 0. The summed E-state index contributed by atoms with van der Waals surface area (Å²) in [5.74, 6) is 2.02. The van der Waals surface area contributed by atoms with E-state index in [0.717, 1.165) is 12.3 Å². The summed E-state index contributed by atoms with van der Waals surface area (Å²) in [5.41, 5.74) is 0. The molecular formula is C16H20ClNO2. The number of rotatable bonds is 4. The predicted molar refractivity (Wildman–Crippen MR) is 78.9 cm³/mol. The second-order valence-corrected chi connectivity index (χ2v) is 6.39. The molecule has 1 amide bonds. The quantitative estimate of drug-likeness (QED) is 0.924. The summed E-state index contributed by atoms with van der Waals surface area (Å²) < 4.78 is 5.65. The Hall–Kier alpha value is -1.22. The predicted octanol–water partition coefficient (Wildman–Crippen LogP) is 3.41. The van der Waals surface area contributed by atoms with Crippen LogP contribution in [0.3, 0.4) is 0 Å². The average molecular weight is 294 g/mol. The third-order valence-corrected chi connectivity index (χ3v) is 4.89. The number of ether oxygens (including phenoxy) is 1. The van der Waals surface area contributed by atoms with E-state index in [1.165, 1.54) is 19.3 Å². The second kappa shape index (κ2) is 5.65. The SMILES string of the molecule is C[C@H](Oc1ccccc1Cl)C(=O)N[C@H]1C[C@@H]2CC[C@@H]1C2. The van der Waals surface area contributed by atoms with Crippen molar-refractivity contribution in [3.8, 4) is 5.75 Å². The van der Waals surface area contributed by atoms with Crippen molar-refractivity contribution in [1.82, 2.24) is 5.32 Å². The van der Waals surface area contributed by atoms with Crippen LogP contribution in [-0.4, -0.2) is 18.1 Å². The van der Waals surface area contributed by atoms with E-state index in [2.05, 4.69) is 5.32 Å². The number of carbonyl (C=O) groups is 1. The average Bonchev–Trinajstić information content (AvgIpc) is 3.03. The second-order valence-electron chi connectivity index (χ2n) is 5.98. The summed E-state index contributed by atoms with van der Waals surface area (Å²) in [4.78, 5) is 12.2. The molecule has 2 bridgehead atoms. The molecule has 20 heavy (non-hydrogen) atoms. The molecule has 0 aliphatic heterocycles. The van der Waals surface area contributed by atoms with E-state index in [9.17, 15) is 4.79 Å². The Labute approximate surface area is 124 Å². The number of hydrogen-bond acceptors (Lipinski definition) is 2. The largest absolute Gasteiger partial charge is 0.479 e. The third-order valence-electron chi connectivity index (χ3n) is 4.58. The van der Waals surface area contributed by atoms with Crippen LogP contribution in [0.5, 0.6) is 5.75 Å². The number of benzene rings is 1. The van der Waals surface area contributed by atoms with Crippen LogP contribution in [0, 0.1) is 11.8 Å². The van der Waals surface area contributed by atoms with Crippen LogP contribution in [0.25, 0.3) is 0 Å². The molecule has 2 aliphatic rings. The highest BCUT2D eigenvalue weighted by Gasteiger charge is 2.40. The Balaban J connectivity index is 1.56. The number of nitrogens with one attached hydrogen (secondary N) is 1. The zero-order chi connectivity index (χ0) is 14.1. The molecule has 3 nitrogen and oxygen atoms in total. The lowest BCUT2D eigenvalue weighted by atomic mass is 9.95. The van der Waals surface area contributed by atoms with Gasteiger partial charge in [0.15, 0.2) is 6.10 Å². The fourth-order valence-electron chi connectivity index (χ4n) is 3.51. The first-order chi connectivity index (χ1) is 9.63. The van der Waals surface area contributed by atoms with Gasteiger partial charge in [0.05, 0.1) is 5.02 Å². The molecule has 2 saturated carbocycles. The van der Waals surface area contributed by atoms with Crippen molar-refractivity contribution in [3.63, 3.8) is 0 Å². The lowest BCUT2D eigenvalue weighted by Gasteiger charge is -2.25. The molecule has 0 aromatic heterocycles. The van der Waals surface area contributed by atoms with Gasteiger partial charge < -0.3 is 10.1 Å². The maximum absolute atomic E-state index is 12.2. The lowest BCUT2D eigenvalue weighted by molar-refractivity contribution is -0.128. The van der Waals surface area contributed by atoms with Gasteiger partial charge in [0.25, 0.3) is 5.91 Å². The Bertz CT molecular complexity index is 505. The van der Waals surface area contributed by atoms with Crippen molar-refractivity contribution < 1.29 is 9.53 Å². The molecular weight excluding hydrogens is 274 g/mol. The molecule has 0 spiro atoms. The van der Waals surface area contributed by atoms with Crippen LogP contribution < -0.4 is 10.1 Å². The van der Waals surface area contributed by atoms with E-state index < -0.39 is 6.10 Å². The molecule has 0 saturated heterocycles. The molecule has 0 heterocycles. The highest BCUT2D eigenvalue weighted by molar-refractivity contribution is 6.32. The van der Waals surface area contributed by atoms with Crippen LogP contribution in [0.4, 0.5) is 0 Å². The van der Waals surface area contributed by atoms with Crippen LogP contribution in [0.2, 0.25) is 5.02 Å². The molecule has 3 rings (SSSR count). The van der Waals surface area contributed by atoms with Crippen molar-refractivity contribution in [2.45, 2.75) is 44.8 Å². The zero-order valence-electron chi connectivity index (χ0n) is 11.6. The van der Waals surface area contributed by atoms with Crippen LogP contribution in [0.1, 0.15) is 32.6 Å². The zero-order valence-corrected chi connectivity index (χ0v) is 12.4. The molecule has 4 heteroatoms. The van der Waals surface area contributed by atoms with Crippen molar-refractivity contribution in [2.75, 3.05) is 0 Å². The minimum absolute atomic E-state index is 0.0394. The van der Waals surface area contributed by atoms with Crippen molar-refractivity contribution in [3.05, 3.63) is 29.3 Å². The Morgan fingerprint density at radius 1 is 1.35 bits per heavy atom. The highest BCUT2D eigenvalue weighted by Crippen LogP contribution is 2.44. The fraction of sp³-hybridized carbons (Fsp3) is 0.562. The highest BCUT2D eigenvalue weighted by atomic mass is 35.5. The summed E-state index contributed by atoms with van der Waals surface area (Å²) in [6.07, 6.45) is 4.49. The lowest BCUT2D eigenvalue weighted by Crippen LogP contribution is -2.44. The summed E-state index contributed by atoms with van der Waals surface area (Å²) in [6, 6.07) is 7.58. The van der Waals surface area contributed by atoms with E-state index in [1.54, 1.807) is 19.1 Å². The van der Waals surface area contributed by atoms with Gasteiger partial charge in [-0.15, -0.1) is 0 Å². The molecule has 4 atom stereocenters. The molecule has 2 aliphatic carbocycles. The van der Waals surface area contributed by atoms with Gasteiger partial charge >= 0.3 is 0 Å². The molecule has 1 aromatic rings. The first-order valence-corrected chi connectivity index (χ1v) is 7.73. The number of halogens is 1. The molecule has 108 valence electrons. The summed E-state index contributed by atoms with van der Waals surface area (Å²) >= 11 is 6.04. The van der Waals surface area contributed by atoms with E-state index in [4.69, 9.17) is 16.3 Å². The van der Waals surface area contributed by atoms with E-state index >= 15 is 0 Å². The van der Waals surface area contributed by atoms with Gasteiger partial charge in [0.1, 0.15) is 5.75 Å². The molecule has 0 unspecified atom stereocenters. The van der Waals surface area contributed by atoms with Crippen LogP contribution >= 0.6 is 11.6 Å². The van der Waals surface area contributed by atoms with Gasteiger partial charge in [0.2, 0.25) is 0 Å². The van der Waals surface area contributed by atoms with Gasteiger partial charge in [-0.2, -0.15) is 0 Å². The minimum Gasteiger partial charge on any atom is -0.479 e. The van der Waals surface area contributed by atoms with E-state index in [-0.39, 0.29) is 5.91 Å². The fourth-order valence-corrected chi connectivity index (χ4v) is 3.69. The maximum Gasteiger partial charge on any atom is 0.261 e. The summed E-state index contributed by atoms with van der Waals surface area (Å²) in [5, 5.41) is 3.68. The molecule has 1 N–H and O–H groups in total. The minimum atomic E-state index is -0.519. The number of hydrogen-bond donors (Lipinski definition) is 1. The third kappa shape index (κ3) is 2.78. The maximum atomic E-state index is 12.2.